The number of alkyl halides is 3. The molecular weight excluding hydrogens is 479 g/mol. The first kappa shape index (κ1) is 21.4. The highest BCUT2D eigenvalue weighted by Gasteiger charge is 2.33. The molecule has 3 rings (SSSR count). The number of pyridine rings is 1. The first-order valence-corrected chi connectivity index (χ1v) is 10.6. The van der Waals surface area contributed by atoms with Gasteiger partial charge >= 0.3 is 6.18 Å². The molecule has 0 bridgehead atoms. The molecule has 3 heterocycles. The van der Waals surface area contributed by atoms with Gasteiger partial charge in [0, 0.05) is 37.1 Å². The Morgan fingerprint density at radius 2 is 2.07 bits per heavy atom. The fraction of sp³-hybridized carbons (Fsp3) is 0.444. The highest BCUT2D eigenvalue weighted by atomic mass is 79.9. The van der Waals surface area contributed by atoms with Gasteiger partial charge in [-0.05, 0) is 47.0 Å². The molecule has 0 aliphatic carbocycles. The van der Waals surface area contributed by atoms with Crippen molar-refractivity contribution in [2.75, 3.05) is 25.0 Å². The number of thiophene rings is 1. The van der Waals surface area contributed by atoms with Crippen LogP contribution < -0.4 is 4.90 Å². The van der Waals surface area contributed by atoms with Crippen LogP contribution in [0.25, 0.3) is 0 Å². The van der Waals surface area contributed by atoms with E-state index in [0.29, 0.717) is 38.3 Å². The minimum Gasteiger partial charge on any atom is -0.355 e. The second-order valence-electron chi connectivity index (χ2n) is 6.69. The quantitative estimate of drug-likeness (QED) is 0.565. The molecule has 0 N–H and O–H groups in total. The number of carbonyl (C=O) groups excluding carboxylic acids is 1. The molecule has 0 radical (unpaired) electrons. The number of aromatic nitrogens is 1. The van der Waals surface area contributed by atoms with Crippen molar-refractivity contribution in [2.45, 2.75) is 25.6 Å². The van der Waals surface area contributed by atoms with Crippen LogP contribution >= 0.6 is 38.9 Å². The largest absolute Gasteiger partial charge is 0.417 e. The molecular formula is C18H18BrClF3N3OS. The van der Waals surface area contributed by atoms with Crippen molar-refractivity contribution in [3.05, 3.63) is 43.6 Å². The average molecular weight is 497 g/mol. The summed E-state index contributed by atoms with van der Waals surface area (Å²) in [6.45, 7) is 1.60. The van der Waals surface area contributed by atoms with Gasteiger partial charge in [-0.2, -0.15) is 13.2 Å². The standard InChI is InChI=1S/C18H18BrClF3N3OS/c1-25(10-13-2-3-15(19)28-13)17(27)11-4-6-26(7-5-11)16-14(20)8-12(9-24-16)18(21,22)23/h2-3,8-9,11H,4-7,10H2,1H3. The summed E-state index contributed by atoms with van der Waals surface area (Å²) in [6.07, 6.45) is -2.46. The van der Waals surface area contributed by atoms with Gasteiger partial charge in [-0.25, -0.2) is 4.98 Å². The molecule has 1 amide bonds. The lowest BCUT2D eigenvalue weighted by molar-refractivity contribution is -0.138. The third-order valence-electron chi connectivity index (χ3n) is 4.69. The third kappa shape index (κ3) is 4.99. The summed E-state index contributed by atoms with van der Waals surface area (Å²) in [6, 6.07) is 4.84. The van der Waals surface area contributed by atoms with Crippen molar-refractivity contribution in [3.63, 3.8) is 0 Å². The van der Waals surface area contributed by atoms with Crippen molar-refractivity contribution in [3.8, 4) is 0 Å². The van der Waals surface area contributed by atoms with Gasteiger partial charge in [0.2, 0.25) is 5.91 Å². The molecule has 28 heavy (non-hydrogen) atoms. The van der Waals surface area contributed by atoms with Crippen LogP contribution in [0.4, 0.5) is 19.0 Å². The summed E-state index contributed by atoms with van der Waals surface area (Å²) in [5.74, 6) is 0.297. The van der Waals surface area contributed by atoms with E-state index in [-0.39, 0.29) is 16.8 Å². The highest BCUT2D eigenvalue weighted by molar-refractivity contribution is 9.11. The van der Waals surface area contributed by atoms with E-state index in [1.165, 1.54) is 0 Å². The van der Waals surface area contributed by atoms with Gasteiger partial charge in [0.15, 0.2) is 0 Å². The molecule has 152 valence electrons. The zero-order valence-electron chi connectivity index (χ0n) is 15.0. The van der Waals surface area contributed by atoms with Crippen LogP contribution in [-0.2, 0) is 17.5 Å². The van der Waals surface area contributed by atoms with E-state index in [4.69, 9.17) is 11.6 Å². The molecule has 2 aromatic heterocycles. The van der Waals surface area contributed by atoms with Crippen LogP contribution in [0.1, 0.15) is 23.3 Å². The number of hydrogen-bond donors (Lipinski definition) is 0. The molecule has 0 atom stereocenters. The molecule has 0 unspecified atom stereocenters. The van der Waals surface area contributed by atoms with E-state index >= 15 is 0 Å². The molecule has 1 aliphatic heterocycles. The van der Waals surface area contributed by atoms with Crippen LogP contribution in [-0.4, -0.2) is 35.9 Å². The second kappa shape index (κ2) is 8.59. The number of rotatable bonds is 4. The second-order valence-corrected chi connectivity index (χ2v) is 9.64. The maximum absolute atomic E-state index is 12.8. The topological polar surface area (TPSA) is 36.4 Å². The molecule has 2 aromatic rings. The Morgan fingerprint density at radius 3 is 2.61 bits per heavy atom. The monoisotopic (exact) mass is 495 g/mol. The minimum atomic E-state index is -4.47. The summed E-state index contributed by atoms with van der Waals surface area (Å²) in [4.78, 5) is 21.3. The van der Waals surface area contributed by atoms with E-state index in [1.54, 1.807) is 23.3 Å². The van der Waals surface area contributed by atoms with E-state index in [1.807, 2.05) is 17.0 Å². The van der Waals surface area contributed by atoms with Crippen LogP contribution in [0.2, 0.25) is 5.02 Å². The van der Waals surface area contributed by atoms with Crippen LogP contribution in [0.3, 0.4) is 0 Å². The van der Waals surface area contributed by atoms with Crippen LogP contribution in [0.5, 0.6) is 0 Å². The first-order valence-electron chi connectivity index (χ1n) is 8.62. The molecule has 1 saturated heterocycles. The Bertz CT molecular complexity index is 853. The molecule has 1 aliphatic rings. The smallest absolute Gasteiger partial charge is 0.355 e. The number of carbonyl (C=O) groups is 1. The summed E-state index contributed by atoms with van der Waals surface area (Å²) < 4.78 is 39.3. The summed E-state index contributed by atoms with van der Waals surface area (Å²) in [5, 5.41) is -0.0278. The number of nitrogens with zero attached hydrogens (tertiary/aromatic N) is 3. The van der Waals surface area contributed by atoms with Gasteiger partial charge < -0.3 is 9.80 Å². The predicted octanol–water partition coefficient (Wildman–Crippen LogP) is 5.45. The molecule has 1 fully saturated rings. The lowest BCUT2D eigenvalue weighted by Crippen LogP contribution is -2.41. The predicted molar refractivity (Wildman–Crippen MR) is 108 cm³/mol. The van der Waals surface area contributed by atoms with E-state index in [0.717, 1.165) is 20.9 Å². The van der Waals surface area contributed by atoms with Gasteiger partial charge in [-0.1, -0.05) is 11.6 Å². The minimum absolute atomic E-state index is 0.0278. The molecule has 10 heteroatoms. The highest BCUT2D eigenvalue weighted by Crippen LogP contribution is 2.35. The maximum atomic E-state index is 12.8. The number of hydrogen-bond acceptors (Lipinski definition) is 4. The Morgan fingerprint density at radius 1 is 1.39 bits per heavy atom. The van der Waals surface area contributed by atoms with Crippen molar-refractivity contribution in [1.29, 1.82) is 0 Å². The van der Waals surface area contributed by atoms with Gasteiger partial charge in [0.05, 0.1) is 20.9 Å². The lowest BCUT2D eigenvalue weighted by Gasteiger charge is -2.34. The molecule has 4 nitrogen and oxygen atoms in total. The van der Waals surface area contributed by atoms with E-state index < -0.39 is 11.7 Å². The Balaban J connectivity index is 1.59. The van der Waals surface area contributed by atoms with Gasteiger partial charge in [0.1, 0.15) is 5.82 Å². The zero-order chi connectivity index (χ0) is 20.5. The Hall–Kier alpha value is -1.32. The number of halogens is 5. The Labute approximate surface area is 178 Å². The third-order valence-corrected chi connectivity index (χ3v) is 6.58. The van der Waals surface area contributed by atoms with Crippen molar-refractivity contribution >= 4 is 50.6 Å². The SMILES string of the molecule is CN(Cc1ccc(Br)s1)C(=O)C1CCN(c2ncc(C(F)(F)F)cc2Cl)CC1. The van der Waals surface area contributed by atoms with Gasteiger partial charge in [-0.15, -0.1) is 11.3 Å². The molecule has 0 aromatic carbocycles. The van der Waals surface area contributed by atoms with E-state index in [9.17, 15) is 18.0 Å². The number of piperidine rings is 1. The maximum Gasteiger partial charge on any atom is 0.417 e. The van der Waals surface area contributed by atoms with Gasteiger partial charge in [0.25, 0.3) is 0 Å². The average Bonchev–Trinajstić information content (AvgIpc) is 3.05. The normalized spacial score (nSPS) is 15.7. The number of amides is 1. The first-order chi connectivity index (χ1) is 13.1. The number of anilines is 1. The van der Waals surface area contributed by atoms with Crippen LogP contribution in [0.15, 0.2) is 28.2 Å². The van der Waals surface area contributed by atoms with Crippen molar-refractivity contribution in [2.24, 2.45) is 5.92 Å². The summed E-state index contributed by atoms with van der Waals surface area (Å²) in [5.41, 5.74) is -0.867. The van der Waals surface area contributed by atoms with E-state index in [2.05, 4.69) is 20.9 Å². The van der Waals surface area contributed by atoms with Gasteiger partial charge in [-0.3, -0.25) is 4.79 Å². The van der Waals surface area contributed by atoms with Crippen LogP contribution in [0, 0.1) is 5.92 Å². The van der Waals surface area contributed by atoms with Crippen molar-refractivity contribution in [1.82, 2.24) is 9.88 Å². The molecule has 0 spiro atoms. The summed E-state index contributed by atoms with van der Waals surface area (Å²) in [7, 11) is 1.79. The summed E-state index contributed by atoms with van der Waals surface area (Å²) >= 11 is 11.0. The lowest BCUT2D eigenvalue weighted by atomic mass is 9.95. The van der Waals surface area contributed by atoms with Crippen molar-refractivity contribution < 1.29 is 18.0 Å². The Kier molecular flexibility index (Phi) is 6.56. The molecule has 0 saturated carbocycles. The fourth-order valence-corrected chi connectivity index (χ4v) is 5.04. The zero-order valence-corrected chi connectivity index (χ0v) is 18.1. The fourth-order valence-electron chi connectivity index (χ4n) is 3.22.